The number of benzene rings is 1. The number of aromatic nitrogens is 1. The Labute approximate surface area is 109 Å². The van der Waals surface area contributed by atoms with Gasteiger partial charge >= 0.3 is 0 Å². The number of hydrogen-bond donors (Lipinski definition) is 0. The van der Waals surface area contributed by atoms with Gasteiger partial charge in [0.15, 0.2) is 0 Å². The first-order chi connectivity index (χ1) is 9.08. The maximum Gasteiger partial charge on any atom is 0.287 e. The smallest absolute Gasteiger partial charge is 0.287 e. The van der Waals surface area contributed by atoms with Gasteiger partial charge in [-0.05, 0) is 12.1 Å². The molecule has 0 saturated carbocycles. The molecule has 0 amide bonds. The van der Waals surface area contributed by atoms with Crippen molar-refractivity contribution in [1.29, 1.82) is 0 Å². The molecule has 19 heavy (non-hydrogen) atoms. The molecule has 5 nitrogen and oxygen atoms in total. The van der Waals surface area contributed by atoms with Crippen molar-refractivity contribution in [3.8, 4) is 0 Å². The zero-order valence-corrected chi connectivity index (χ0v) is 10.3. The second kappa shape index (κ2) is 5.43. The molecule has 1 aromatic carbocycles. The molecule has 0 N–H and O–H groups in total. The minimum atomic E-state index is -0.506. The lowest BCUT2D eigenvalue weighted by Gasteiger charge is -2.18. The lowest BCUT2D eigenvalue weighted by Crippen LogP contribution is -2.18. The van der Waals surface area contributed by atoms with Crippen molar-refractivity contribution in [2.24, 2.45) is 0 Å². The van der Waals surface area contributed by atoms with E-state index in [1.54, 1.807) is 36.2 Å². The minimum Gasteiger partial charge on any atom is -0.355 e. The monoisotopic (exact) mass is 261 g/mol. The van der Waals surface area contributed by atoms with E-state index < -0.39 is 4.92 Å². The van der Waals surface area contributed by atoms with Gasteiger partial charge in [-0.1, -0.05) is 18.2 Å². The van der Waals surface area contributed by atoms with E-state index in [2.05, 4.69) is 4.98 Å². The summed E-state index contributed by atoms with van der Waals surface area (Å²) in [4.78, 5) is 15.7. The Morgan fingerprint density at radius 2 is 2.05 bits per heavy atom. The fraction of sp³-hybridized carbons (Fsp3) is 0.154. The number of nitro groups is 1. The van der Waals surface area contributed by atoms with E-state index in [4.69, 9.17) is 0 Å². The predicted octanol–water partition coefficient (Wildman–Crippen LogP) is 2.77. The van der Waals surface area contributed by atoms with Crippen molar-refractivity contribution in [3.05, 3.63) is 64.1 Å². The normalized spacial score (nSPS) is 10.2. The summed E-state index contributed by atoms with van der Waals surface area (Å²) in [6.07, 6.45) is 1.19. The molecule has 0 spiro atoms. The molecule has 6 heteroatoms. The van der Waals surface area contributed by atoms with Crippen LogP contribution < -0.4 is 4.90 Å². The number of nitrogens with zero attached hydrogens (tertiary/aromatic N) is 3. The van der Waals surface area contributed by atoms with Crippen LogP contribution in [0, 0.1) is 15.9 Å². The van der Waals surface area contributed by atoms with Crippen LogP contribution in [0.1, 0.15) is 5.56 Å². The lowest BCUT2D eigenvalue weighted by atomic mass is 10.2. The summed E-state index contributed by atoms with van der Waals surface area (Å²) in [5.41, 5.74) is 0.480. The van der Waals surface area contributed by atoms with E-state index in [1.807, 2.05) is 0 Å². The van der Waals surface area contributed by atoms with Gasteiger partial charge in [-0.15, -0.1) is 0 Å². The molecular formula is C13H12FN3O2. The largest absolute Gasteiger partial charge is 0.355 e. The molecule has 0 bridgehead atoms. The fourth-order valence-electron chi connectivity index (χ4n) is 1.68. The molecule has 1 heterocycles. The molecule has 2 rings (SSSR count). The first-order valence-corrected chi connectivity index (χ1v) is 5.63. The fourth-order valence-corrected chi connectivity index (χ4v) is 1.68. The van der Waals surface area contributed by atoms with Gasteiger partial charge in [-0.2, -0.15) is 0 Å². The summed E-state index contributed by atoms with van der Waals surface area (Å²) in [6.45, 7) is 0.345. The molecule has 0 aliphatic carbocycles. The lowest BCUT2D eigenvalue weighted by molar-refractivity contribution is -0.385. The SMILES string of the molecule is CN(Cc1ccccc1F)c1ccc([N+](=O)[O-])cn1. The topological polar surface area (TPSA) is 59.3 Å². The Kier molecular flexibility index (Phi) is 3.70. The molecule has 0 radical (unpaired) electrons. The Hall–Kier alpha value is -2.50. The molecule has 0 saturated heterocycles. The first-order valence-electron chi connectivity index (χ1n) is 5.63. The highest BCUT2D eigenvalue weighted by Crippen LogP contribution is 2.17. The van der Waals surface area contributed by atoms with Crippen LogP contribution in [0.5, 0.6) is 0 Å². The number of anilines is 1. The molecule has 2 aromatic rings. The van der Waals surface area contributed by atoms with Crippen LogP contribution in [0.4, 0.5) is 15.9 Å². The van der Waals surface area contributed by atoms with Crippen LogP contribution in [0.3, 0.4) is 0 Å². The summed E-state index contributed by atoms with van der Waals surface area (Å²) in [6, 6.07) is 9.39. The minimum absolute atomic E-state index is 0.0666. The summed E-state index contributed by atoms with van der Waals surface area (Å²) in [5.74, 6) is 0.269. The molecule has 1 aromatic heterocycles. The zero-order chi connectivity index (χ0) is 13.8. The Bertz CT molecular complexity index is 587. The van der Waals surface area contributed by atoms with Gasteiger partial charge in [0.25, 0.3) is 5.69 Å². The quantitative estimate of drug-likeness (QED) is 0.627. The van der Waals surface area contributed by atoms with E-state index in [9.17, 15) is 14.5 Å². The maximum atomic E-state index is 13.5. The highest BCUT2D eigenvalue weighted by molar-refractivity contribution is 5.42. The van der Waals surface area contributed by atoms with Crippen LogP contribution in [0.15, 0.2) is 42.6 Å². The number of pyridine rings is 1. The summed E-state index contributed by atoms with van der Waals surface area (Å²) < 4.78 is 13.5. The molecule has 0 aliphatic heterocycles. The van der Waals surface area contributed by atoms with Gasteiger partial charge in [-0.3, -0.25) is 10.1 Å². The van der Waals surface area contributed by atoms with E-state index in [-0.39, 0.29) is 11.5 Å². The molecule has 0 fully saturated rings. The average molecular weight is 261 g/mol. The van der Waals surface area contributed by atoms with Gasteiger partial charge in [0, 0.05) is 25.2 Å². The summed E-state index contributed by atoms with van der Waals surface area (Å²) in [5, 5.41) is 10.5. The van der Waals surface area contributed by atoms with Crippen LogP contribution in [0.2, 0.25) is 0 Å². The third kappa shape index (κ3) is 3.04. The van der Waals surface area contributed by atoms with E-state index in [1.165, 1.54) is 18.3 Å². The highest BCUT2D eigenvalue weighted by Gasteiger charge is 2.10. The van der Waals surface area contributed by atoms with E-state index in [0.29, 0.717) is 17.9 Å². The zero-order valence-electron chi connectivity index (χ0n) is 10.3. The Balaban J connectivity index is 2.14. The van der Waals surface area contributed by atoms with Gasteiger partial charge in [0.1, 0.15) is 17.8 Å². The third-order valence-electron chi connectivity index (χ3n) is 2.70. The van der Waals surface area contributed by atoms with Crippen molar-refractivity contribution in [2.75, 3.05) is 11.9 Å². The van der Waals surface area contributed by atoms with Crippen molar-refractivity contribution in [1.82, 2.24) is 4.98 Å². The standard InChI is InChI=1S/C13H12FN3O2/c1-16(9-10-4-2-3-5-12(10)14)13-7-6-11(8-15-13)17(18)19/h2-8H,9H2,1H3. The molecule has 0 aliphatic rings. The molecule has 98 valence electrons. The van der Waals surface area contributed by atoms with Gasteiger partial charge in [0.2, 0.25) is 0 Å². The Morgan fingerprint density at radius 1 is 1.32 bits per heavy atom. The van der Waals surface area contributed by atoms with Crippen LogP contribution >= 0.6 is 0 Å². The second-order valence-electron chi connectivity index (χ2n) is 4.08. The number of hydrogen-bond acceptors (Lipinski definition) is 4. The predicted molar refractivity (Wildman–Crippen MR) is 69.4 cm³/mol. The summed E-state index contributed by atoms with van der Waals surface area (Å²) in [7, 11) is 1.75. The summed E-state index contributed by atoms with van der Waals surface area (Å²) >= 11 is 0. The van der Waals surface area contributed by atoms with Crippen LogP contribution in [-0.2, 0) is 6.54 Å². The molecule has 0 atom stereocenters. The van der Waals surface area contributed by atoms with Gasteiger partial charge in [0.05, 0.1) is 4.92 Å². The Morgan fingerprint density at radius 3 is 2.63 bits per heavy atom. The van der Waals surface area contributed by atoms with Crippen LogP contribution in [-0.4, -0.2) is 17.0 Å². The third-order valence-corrected chi connectivity index (χ3v) is 2.70. The second-order valence-corrected chi connectivity index (χ2v) is 4.08. The van der Waals surface area contributed by atoms with Crippen molar-refractivity contribution in [2.45, 2.75) is 6.54 Å². The van der Waals surface area contributed by atoms with Gasteiger partial charge < -0.3 is 4.90 Å². The van der Waals surface area contributed by atoms with Crippen LogP contribution in [0.25, 0.3) is 0 Å². The van der Waals surface area contributed by atoms with Crippen molar-refractivity contribution < 1.29 is 9.31 Å². The molecular weight excluding hydrogens is 249 g/mol. The first kappa shape index (κ1) is 12.9. The number of halogens is 1. The van der Waals surface area contributed by atoms with E-state index in [0.717, 1.165) is 0 Å². The highest BCUT2D eigenvalue weighted by atomic mass is 19.1. The average Bonchev–Trinajstić information content (AvgIpc) is 2.41. The van der Waals surface area contributed by atoms with Crippen molar-refractivity contribution in [3.63, 3.8) is 0 Å². The molecule has 0 unspecified atom stereocenters. The van der Waals surface area contributed by atoms with E-state index >= 15 is 0 Å². The van der Waals surface area contributed by atoms with Crippen molar-refractivity contribution >= 4 is 11.5 Å². The maximum absolute atomic E-state index is 13.5. The van der Waals surface area contributed by atoms with Gasteiger partial charge in [-0.25, -0.2) is 9.37 Å². The number of rotatable bonds is 4.